The molecule has 2 nitrogen and oxygen atoms in total. The number of fused-ring (bicyclic) bond motifs is 1. The molecule has 114 valence electrons. The van der Waals surface area contributed by atoms with Crippen LogP contribution in [-0.2, 0) is 19.3 Å². The largest absolute Gasteiger partial charge is 0.507 e. The number of aryl methyl sites for hydroxylation is 2. The van der Waals surface area contributed by atoms with Crippen LogP contribution in [0.1, 0.15) is 42.0 Å². The average Bonchev–Trinajstić information content (AvgIpc) is 2.79. The van der Waals surface area contributed by atoms with Crippen molar-refractivity contribution in [2.45, 2.75) is 39.5 Å². The van der Waals surface area contributed by atoms with Gasteiger partial charge in [-0.3, -0.25) is 0 Å². The molecule has 2 aromatic rings. The first-order chi connectivity index (χ1) is 10.7. The minimum absolute atomic E-state index is 0.338. The summed E-state index contributed by atoms with van der Waals surface area (Å²) in [5, 5.41) is 11.4. The van der Waals surface area contributed by atoms with Gasteiger partial charge in [-0.25, -0.2) is 4.98 Å². The predicted molar refractivity (Wildman–Crippen MR) is 94.5 cm³/mol. The molecule has 1 aromatic heterocycles. The molecule has 22 heavy (non-hydrogen) atoms. The van der Waals surface area contributed by atoms with E-state index in [1.807, 2.05) is 19.1 Å². The van der Waals surface area contributed by atoms with Gasteiger partial charge in [0.25, 0.3) is 0 Å². The number of hydrogen-bond donors (Lipinski definition) is 1. The molecule has 1 N–H and O–H groups in total. The lowest BCUT2D eigenvalue weighted by molar-refractivity contribution is 0.476. The van der Waals surface area contributed by atoms with Gasteiger partial charge in [0.1, 0.15) is 10.8 Å². The third kappa shape index (κ3) is 2.86. The van der Waals surface area contributed by atoms with Crippen molar-refractivity contribution in [3.63, 3.8) is 0 Å². The van der Waals surface area contributed by atoms with Gasteiger partial charge in [-0.2, -0.15) is 0 Å². The van der Waals surface area contributed by atoms with Gasteiger partial charge in [-0.15, -0.1) is 11.3 Å². The second kappa shape index (κ2) is 6.49. The highest BCUT2D eigenvalue weighted by Gasteiger charge is 2.16. The van der Waals surface area contributed by atoms with E-state index in [1.165, 1.54) is 21.7 Å². The smallest absolute Gasteiger partial charge is 0.127 e. The van der Waals surface area contributed by atoms with E-state index in [2.05, 4.69) is 31.2 Å². The highest BCUT2D eigenvalue weighted by molar-refractivity contribution is 7.15. The number of thiazole rings is 1. The fourth-order valence-electron chi connectivity index (χ4n) is 2.84. The molecule has 0 spiro atoms. The Kier molecular flexibility index (Phi) is 4.44. The van der Waals surface area contributed by atoms with Crippen LogP contribution < -0.4 is 0 Å². The number of nitrogens with zero attached hydrogens (tertiary/aromatic N) is 1. The number of phenols is 1. The van der Waals surface area contributed by atoms with Gasteiger partial charge < -0.3 is 5.11 Å². The predicted octanol–water partition coefficient (Wildman–Crippen LogP) is 5.16. The summed E-state index contributed by atoms with van der Waals surface area (Å²) in [6.07, 6.45) is 12.5. The number of rotatable bonds is 3. The molecular weight excluding hydrogens is 290 g/mol. The zero-order valence-corrected chi connectivity index (χ0v) is 13.9. The van der Waals surface area contributed by atoms with E-state index in [-0.39, 0.29) is 0 Å². The van der Waals surface area contributed by atoms with Crippen molar-refractivity contribution < 1.29 is 5.11 Å². The van der Waals surface area contributed by atoms with E-state index in [4.69, 9.17) is 4.98 Å². The maximum absolute atomic E-state index is 10.4. The minimum Gasteiger partial charge on any atom is -0.507 e. The molecular formula is C19H21NOS. The Morgan fingerprint density at radius 1 is 1.32 bits per heavy atom. The fourth-order valence-corrected chi connectivity index (χ4v) is 3.95. The Bertz CT molecular complexity index is 740. The molecule has 0 bridgehead atoms. The summed E-state index contributed by atoms with van der Waals surface area (Å²) in [6, 6.07) is 3.96. The SMILES string of the molecule is C/C=C\c1cc(-c2nc3c(s2)CC=CCC3)c(O)cc1CC. The molecule has 0 radical (unpaired) electrons. The first-order valence-corrected chi connectivity index (χ1v) is 8.67. The highest BCUT2D eigenvalue weighted by atomic mass is 32.1. The third-order valence-corrected chi connectivity index (χ3v) is 5.16. The van der Waals surface area contributed by atoms with Crippen molar-refractivity contribution in [1.29, 1.82) is 0 Å². The summed E-state index contributed by atoms with van der Waals surface area (Å²) in [7, 11) is 0. The van der Waals surface area contributed by atoms with E-state index in [0.29, 0.717) is 5.75 Å². The van der Waals surface area contributed by atoms with E-state index in [9.17, 15) is 5.11 Å². The number of hydrogen-bond acceptors (Lipinski definition) is 3. The van der Waals surface area contributed by atoms with E-state index in [1.54, 1.807) is 11.3 Å². The van der Waals surface area contributed by atoms with Gasteiger partial charge in [0.2, 0.25) is 0 Å². The molecule has 0 amide bonds. The molecule has 0 saturated carbocycles. The van der Waals surface area contributed by atoms with E-state index >= 15 is 0 Å². The standard InChI is InChI=1S/C19H21NOS/c1-3-8-14-11-15(17(21)12-13(14)4-2)19-20-16-9-6-5-7-10-18(16)22-19/h3,5,7-8,11-12,21H,4,6,9-10H2,1-2H3/b8-3-. The number of phenolic OH excluding ortho intramolecular Hbond substituents is 1. The first-order valence-electron chi connectivity index (χ1n) is 7.85. The van der Waals surface area contributed by atoms with Gasteiger partial charge in [-0.05, 0) is 49.4 Å². The Morgan fingerprint density at radius 2 is 2.18 bits per heavy atom. The fraction of sp³-hybridized carbons (Fsp3) is 0.316. The normalized spacial score (nSPS) is 14.3. The average molecular weight is 311 g/mol. The van der Waals surface area contributed by atoms with Crippen molar-refractivity contribution >= 4 is 17.4 Å². The quantitative estimate of drug-likeness (QED) is 0.795. The summed E-state index contributed by atoms with van der Waals surface area (Å²) in [5.41, 5.74) is 4.38. The number of aromatic nitrogens is 1. The molecule has 0 fully saturated rings. The van der Waals surface area contributed by atoms with Crippen molar-refractivity contribution in [2.24, 2.45) is 0 Å². The Balaban J connectivity index is 2.08. The molecule has 0 aliphatic heterocycles. The summed E-state index contributed by atoms with van der Waals surface area (Å²) in [4.78, 5) is 6.12. The maximum atomic E-state index is 10.4. The van der Waals surface area contributed by atoms with Crippen LogP contribution >= 0.6 is 11.3 Å². The molecule has 1 aliphatic rings. The van der Waals surface area contributed by atoms with Crippen LogP contribution in [-0.4, -0.2) is 10.1 Å². The molecule has 0 saturated heterocycles. The lowest BCUT2D eigenvalue weighted by Crippen LogP contribution is -1.90. The second-order valence-corrected chi connectivity index (χ2v) is 6.61. The molecule has 3 heteroatoms. The van der Waals surface area contributed by atoms with Crippen LogP contribution in [0, 0.1) is 0 Å². The van der Waals surface area contributed by atoms with Crippen LogP contribution in [0.25, 0.3) is 16.6 Å². The summed E-state index contributed by atoms with van der Waals surface area (Å²) in [6.45, 7) is 4.13. The van der Waals surface area contributed by atoms with Crippen molar-refractivity contribution in [3.8, 4) is 16.3 Å². The minimum atomic E-state index is 0.338. The summed E-state index contributed by atoms with van der Waals surface area (Å²) < 4.78 is 0. The van der Waals surface area contributed by atoms with E-state index < -0.39 is 0 Å². The van der Waals surface area contributed by atoms with Gasteiger partial charge in [0, 0.05) is 11.3 Å². The molecule has 1 heterocycles. The van der Waals surface area contributed by atoms with Crippen molar-refractivity contribution in [2.75, 3.05) is 0 Å². The molecule has 0 unspecified atom stereocenters. The maximum Gasteiger partial charge on any atom is 0.127 e. The zero-order valence-electron chi connectivity index (χ0n) is 13.1. The zero-order chi connectivity index (χ0) is 15.5. The Morgan fingerprint density at radius 3 is 2.95 bits per heavy atom. The topological polar surface area (TPSA) is 33.1 Å². The van der Waals surface area contributed by atoms with Crippen molar-refractivity contribution in [1.82, 2.24) is 4.98 Å². The van der Waals surface area contributed by atoms with E-state index in [0.717, 1.165) is 36.3 Å². The number of aromatic hydroxyl groups is 1. The van der Waals surface area contributed by atoms with Crippen LogP contribution in [0.15, 0.2) is 30.4 Å². The van der Waals surface area contributed by atoms with Crippen LogP contribution in [0.3, 0.4) is 0 Å². The monoisotopic (exact) mass is 311 g/mol. The van der Waals surface area contributed by atoms with Crippen LogP contribution in [0.2, 0.25) is 0 Å². The molecule has 1 aromatic carbocycles. The lowest BCUT2D eigenvalue weighted by atomic mass is 10.0. The summed E-state index contributed by atoms with van der Waals surface area (Å²) >= 11 is 1.71. The molecule has 3 rings (SSSR count). The van der Waals surface area contributed by atoms with Crippen molar-refractivity contribution in [3.05, 3.63) is 52.1 Å². The van der Waals surface area contributed by atoms with Gasteiger partial charge in [0.05, 0.1) is 11.3 Å². The third-order valence-electron chi connectivity index (χ3n) is 4.01. The molecule has 0 atom stereocenters. The Labute approximate surface area is 135 Å². The van der Waals surface area contributed by atoms with Gasteiger partial charge in [0.15, 0.2) is 0 Å². The van der Waals surface area contributed by atoms with Crippen LogP contribution in [0.4, 0.5) is 0 Å². The number of allylic oxidation sites excluding steroid dienone is 3. The first kappa shape index (κ1) is 15.0. The highest BCUT2D eigenvalue weighted by Crippen LogP contribution is 2.37. The van der Waals surface area contributed by atoms with Crippen LogP contribution in [0.5, 0.6) is 5.75 Å². The Hall–Kier alpha value is -1.87. The van der Waals surface area contributed by atoms with Gasteiger partial charge in [-0.1, -0.05) is 31.2 Å². The second-order valence-electron chi connectivity index (χ2n) is 5.52. The van der Waals surface area contributed by atoms with Gasteiger partial charge >= 0.3 is 0 Å². The lowest BCUT2D eigenvalue weighted by Gasteiger charge is -2.08. The molecule has 1 aliphatic carbocycles. The summed E-state index contributed by atoms with van der Waals surface area (Å²) in [5.74, 6) is 0.338. The number of benzene rings is 1.